The van der Waals surface area contributed by atoms with Gasteiger partial charge in [0.15, 0.2) is 0 Å². The van der Waals surface area contributed by atoms with Gasteiger partial charge in [-0.2, -0.15) is 0 Å². The number of rotatable bonds is 1. The summed E-state index contributed by atoms with van der Waals surface area (Å²) in [5.74, 6) is 0.635. The molecule has 1 fully saturated rings. The second kappa shape index (κ2) is 4.40. The summed E-state index contributed by atoms with van der Waals surface area (Å²) >= 11 is 0. The van der Waals surface area contributed by atoms with E-state index in [1.165, 1.54) is 24.0 Å². The number of nitrogen functional groups attached to an aromatic ring is 1. The van der Waals surface area contributed by atoms with Crippen LogP contribution in [-0.2, 0) is 17.8 Å². The Morgan fingerprint density at radius 1 is 1.25 bits per heavy atom. The predicted octanol–water partition coefficient (Wildman–Crippen LogP) is 3.40. The second-order valence-electron chi connectivity index (χ2n) is 6.86. The Hall–Kier alpha value is -1.71. The highest BCUT2D eigenvalue weighted by Gasteiger charge is 2.31. The molecule has 2 N–H and O–H groups in total. The van der Waals surface area contributed by atoms with Gasteiger partial charge in [0.05, 0.1) is 0 Å². The maximum atomic E-state index is 12.1. The molecule has 0 bridgehead atoms. The summed E-state index contributed by atoms with van der Waals surface area (Å²) in [6, 6.07) is 4.22. The molecule has 1 aliphatic carbocycles. The van der Waals surface area contributed by atoms with Crippen LogP contribution in [0.15, 0.2) is 12.1 Å². The fourth-order valence-corrected chi connectivity index (χ4v) is 2.69. The Morgan fingerprint density at radius 3 is 2.40 bits per heavy atom. The number of anilines is 1. The number of fused-ring (bicyclic) bond motifs is 1. The first-order valence-electron chi connectivity index (χ1n) is 7.22. The van der Waals surface area contributed by atoms with Crippen LogP contribution in [-0.4, -0.2) is 16.6 Å². The summed E-state index contributed by atoms with van der Waals surface area (Å²) < 4.78 is 5.43. The van der Waals surface area contributed by atoms with E-state index in [0.29, 0.717) is 19.0 Å². The molecule has 1 heterocycles. The van der Waals surface area contributed by atoms with Gasteiger partial charge in [-0.3, -0.25) is 4.90 Å². The standard InChI is InChI=1S/C16H22N2O2/c1-16(2,3)20-15(19)18-8-11-6-13(10-4-5-10)14(17)7-12(11)9-18/h6-7,10H,4-5,8-9,17H2,1-3H3. The van der Waals surface area contributed by atoms with Crippen LogP contribution >= 0.6 is 0 Å². The lowest BCUT2D eigenvalue weighted by atomic mass is 10.0. The number of carbonyl (C=O) groups excluding carboxylic acids is 1. The molecule has 1 aromatic rings. The molecule has 2 aliphatic rings. The first-order chi connectivity index (χ1) is 9.33. The molecular weight excluding hydrogens is 252 g/mol. The molecule has 20 heavy (non-hydrogen) atoms. The summed E-state index contributed by atoms with van der Waals surface area (Å²) in [6.45, 7) is 6.88. The minimum absolute atomic E-state index is 0.250. The Kier molecular flexibility index (Phi) is 2.92. The van der Waals surface area contributed by atoms with Crippen LogP contribution in [0.1, 0.15) is 56.2 Å². The van der Waals surface area contributed by atoms with Crippen LogP contribution < -0.4 is 5.73 Å². The largest absolute Gasteiger partial charge is 0.444 e. The predicted molar refractivity (Wildman–Crippen MR) is 78.3 cm³/mol. The Bertz CT molecular complexity index is 556. The van der Waals surface area contributed by atoms with Gasteiger partial charge >= 0.3 is 6.09 Å². The third-order valence-electron chi connectivity index (χ3n) is 3.80. The lowest BCUT2D eigenvalue weighted by molar-refractivity contribution is 0.0242. The van der Waals surface area contributed by atoms with Crippen molar-refractivity contribution in [1.82, 2.24) is 4.90 Å². The number of hydrogen-bond donors (Lipinski definition) is 1. The van der Waals surface area contributed by atoms with E-state index in [0.717, 1.165) is 11.3 Å². The van der Waals surface area contributed by atoms with Crippen molar-refractivity contribution in [1.29, 1.82) is 0 Å². The first kappa shape index (κ1) is 13.3. The monoisotopic (exact) mass is 274 g/mol. The zero-order valence-corrected chi connectivity index (χ0v) is 12.4. The van der Waals surface area contributed by atoms with Crippen LogP contribution in [0.4, 0.5) is 10.5 Å². The Balaban J connectivity index is 1.77. The van der Waals surface area contributed by atoms with Crippen molar-refractivity contribution in [2.75, 3.05) is 5.73 Å². The lowest BCUT2D eigenvalue weighted by Gasteiger charge is -2.24. The average molecular weight is 274 g/mol. The molecule has 4 heteroatoms. The maximum absolute atomic E-state index is 12.1. The summed E-state index contributed by atoms with van der Waals surface area (Å²) in [5.41, 5.74) is 10.2. The highest BCUT2D eigenvalue weighted by Crippen LogP contribution is 2.44. The van der Waals surface area contributed by atoms with Crippen molar-refractivity contribution in [3.8, 4) is 0 Å². The number of benzene rings is 1. The molecule has 0 spiro atoms. The summed E-state index contributed by atoms with van der Waals surface area (Å²) in [5, 5.41) is 0. The summed E-state index contributed by atoms with van der Waals surface area (Å²) in [6.07, 6.45) is 2.22. The van der Waals surface area contributed by atoms with Gasteiger partial charge in [-0.25, -0.2) is 4.79 Å². The molecule has 3 rings (SSSR count). The smallest absolute Gasteiger partial charge is 0.410 e. The van der Waals surface area contributed by atoms with E-state index >= 15 is 0 Å². The third-order valence-corrected chi connectivity index (χ3v) is 3.80. The number of hydrogen-bond acceptors (Lipinski definition) is 3. The molecule has 0 radical (unpaired) electrons. The fraction of sp³-hybridized carbons (Fsp3) is 0.562. The van der Waals surface area contributed by atoms with Gasteiger partial charge in [0.25, 0.3) is 0 Å². The number of nitrogens with two attached hydrogens (primary N) is 1. The van der Waals surface area contributed by atoms with Crippen LogP contribution in [0, 0.1) is 0 Å². The highest BCUT2D eigenvalue weighted by atomic mass is 16.6. The first-order valence-corrected chi connectivity index (χ1v) is 7.22. The summed E-state index contributed by atoms with van der Waals surface area (Å²) in [4.78, 5) is 13.9. The van der Waals surface area contributed by atoms with Crippen LogP contribution in [0.2, 0.25) is 0 Å². The molecule has 1 aliphatic heterocycles. The van der Waals surface area contributed by atoms with Crippen molar-refractivity contribution in [3.63, 3.8) is 0 Å². The average Bonchev–Trinajstić information content (AvgIpc) is 3.06. The topological polar surface area (TPSA) is 55.6 Å². The van der Waals surface area contributed by atoms with E-state index in [4.69, 9.17) is 10.5 Å². The zero-order chi connectivity index (χ0) is 14.5. The maximum Gasteiger partial charge on any atom is 0.410 e. The highest BCUT2D eigenvalue weighted by molar-refractivity contribution is 5.70. The van der Waals surface area contributed by atoms with Crippen molar-refractivity contribution in [2.45, 2.75) is 58.2 Å². The SMILES string of the molecule is CC(C)(C)OC(=O)N1Cc2cc(N)c(C3CC3)cc2C1. The van der Waals surface area contributed by atoms with E-state index in [1.807, 2.05) is 26.8 Å². The molecule has 1 amide bonds. The Labute approximate surface area is 119 Å². The van der Waals surface area contributed by atoms with Crippen LogP contribution in [0.5, 0.6) is 0 Å². The molecule has 0 unspecified atom stereocenters. The van der Waals surface area contributed by atoms with E-state index in [-0.39, 0.29) is 6.09 Å². The van der Waals surface area contributed by atoms with Gasteiger partial charge in [0.2, 0.25) is 0 Å². The normalized spacial score (nSPS) is 18.1. The van der Waals surface area contributed by atoms with E-state index in [2.05, 4.69) is 6.07 Å². The van der Waals surface area contributed by atoms with Gasteiger partial charge in [0, 0.05) is 18.8 Å². The van der Waals surface area contributed by atoms with Gasteiger partial charge in [-0.15, -0.1) is 0 Å². The lowest BCUT2D eigenvalue weighted by Crippen LogP contribution is -2.33. The van der Waals surface area contributed by atoms with E-state index in [9.17, 15) is 4.79 Å². The van der Waals surface area contributed by atoms with Crippen molar-refractivity contribution >= 4 is 11.8 Å². The van der Waals surface area contributed by atoms with Crippen molar-refractivity contribution < 1.29 is 9.53 Å². The van der Waals surface area contributed by atoms with Crippen LogP contribution in [0.3, 0.4) is 0 Å². The molecular formula is C16H22N2O2. The molecule has 1 aromatic carbocycles. The minimum Gasteiger partial charge on any atom is -0.444 e. The number of ether oxygens (including phenoxy) is 1. The van der Waals surface area contributed by atoms with Gasteiger partial charge in [-0.05, 0) is 62.3 Å². The molecule has 0 aromatic heterocycles. The molecule has 4 nitrogen and oxygen atoms in total. The third kappa shape index (κ3) is 2.60. The van der Waals surface area contributed by atoms with E-state index < -0.39 is 5.60 Å². The van der Waals surface area contributed by atoms with Crippen molar-refractivity contribution in [3.05, 3.63) is 28.8 Å². The molecule has 0 saturated heterocycles. The van der Waals surface area contributed by atoms with Gasteiger partial charge in [0.1, 0.15) is 5.60 Å². The fourth-order valence-electron chi connectivity index (χ4n) is 2.69. The second-order valence-corrected chi connectivity index (χ2v) is 6.86. The molecule has 0 atom stereocenters. The summed E-state index contributed by atoms with van der Waals surface area (Å²) in [7, 11) is 0. The van der Waals surface area contributed by atoms with Gasteiger partial charge in [-0.1, -0.05) is 6.07 Å². The number of nitrogens with zero attached hydrogens (tertiary/aromatic N) is 1. The molecule has 1 saturated carbocycles. The van der Waals surface area contributed by atoms with Crippen molar-refractivity contribution in [2.24, 2.45) is 0 Å². The quantitative estimate of drug-likeness (QED) is 0.798. The van der Waals surface area contributed by atoms with Crippen LogP contribution in [0.25, 0.3) is 0 Å². The zero-order valence-electron chi connectivity index (χ0n) is 12.4. The minimum atomic E-state index is -0.454. The Morgan fingerprint density at radius 2 is 1.85 bits per heavy atom. The number of amides is 1. The van der Waals surface area contributed by atoms with Gasteiger partial charge < -0.3 is 10.5 Å². The molecule has 108 valence electrons. The number of carbonyl (C=O) groups is 1. The van der Waals surface area contributed by atoms with E-state index in [1.54, 1.807) is 4.90 Å².